The molecule has 0 atom stereocenters. The number of hydrogen-bond donors (Lipinski definition) is 14. The Labute approximate surface area is 591 Å². The Morgan fingerprint density at radius 3 is 1.37 bits per heavy atom. The molecule has 102 heavy (non-hydrogen) atoms. The topological polar surface area (TPSA) is 417 Å². The molecule has 0 fully saturated rings. The number of nitrogen functional groups attached to an aromatic ring is 4. The molecular formula is C71H60F6N8O13S4. The first kappa shape index (κ1) is 80.2. The average Bonchev–Trinajstić information content (AvgIpc) is 1.68. The van der Waals surface area contributed by atoms with Crippen LogP contribution in [0.4, 0.5) is 26.3 Å². The number of aromatic hydroxyl groups is 2. The third kappa shape index (κ3) is 24.2. The fraction of sp³-hybridized carbons (Fsp3) is 0.0704. The van der Waals surface area contributed by atoms with Gasteiger partial charge in [0.05, 0.1) is 33.7 Å². The summed E-state index contributed by atoms with van der Waals surface area (Å²) in [6.45, 7) is -0.0750. The molecule has 0 radical (unpaired) electrons. The molecule has 31 heteroatoms. The molecule has 8 aromatic carbocycles. The first-order valence-electron chi connectivity index (χ1n) is 28.6. The number of phenolic OH excluding ortho intramolecular Hbond substituents is 2. The fourth-order valence-electron chi connectivity index (χ4n) is 8.46. The number of carbonyl (C=O) groups is 4. The zero-order chi connectivity index (χ0) is 75.4. The number of phenols is 2. The minimum Gasteiger partial charge on any atom is -0.508 e. The summed E-state index contributed by atoms with van der Waals surface area (Å²) in [5.41, 5.74) is 29.1. The highest BCUT2D eigenvalue weighted by molar-refractivity contribution is 7.22. The third-order valence-electron chi connectivity index (χ3n) is 13.0. The molecule has 528 valence electrons. The van der Waals surface area contributed by atoms with E-state index in [2.05, 4.69) is 17.9 Å². The number of hydrogen-bond acceptors (Lipinski definition) is 17. The molecule has 0 bridgehead atoms. The highest BCUT2D eigenvalue weighted by Crippen LogP contribution is 2.36. The molecule has 0 aliphatic rings. The summed E-state index contributed by atoms with van der Waals surface area (Å²) >= 11 is 6.04. The standard InChI is InChI=1S/C18H14N2OS.C17H16N2O2S.2C15H12N2OS.2C2HF3O2.2CH2O2/c1-21-14-6-2-4-12(10-14)8-9-13-5-3-7-16-15(13)11-17(22-16)18(19)20;1-20-13-6-3-2-5-11(13)10-21-14-7-4-8-15-12(14)9-16(22-15)17(18)19;16-15(17)14-8-11-7-10(3-6-13(11)19-14)9-1-4-12(18)5-2-9;16-15(17)14-8-11-6-10(4-5-13(11)19-14)9-2-1-3-12(18)7-9;2*3-2(4,5)1(6)7;2*2-1-3/h2-7,10-11H,1H3,(H3,19,20);2-9H,10H2,1H3,(H3,18,19);2*1-8,18H,(H3,16,17);2*(H,6,7);2*1H,(H,2,3). The molecule has 0 amide bonds. The smallest absolute Gasteiger partial charge is 0.490 e. The summed E-state index contributed by atoms with van der Waals surface area (Å²) in [5, 5.41) is 81.1. The van der Waals surface area contributed by atoms with Gasteiger partial charge in [0.25, 0.3) is 12.9 Å². The van der Waals surface area contributed by atoms with Gasteiger partial charge in [-0.25, -0.2) is 9.59 Å². The molecule has 0 unspecified atom stereocenters. The molecule has 0 spiro atoms. The summed E-state index contributed by atoms with van der Waals surface area (Å²) < 4.78 is 84.3. The molecule has 4 aromatic heterocycles. The zero-order valence-corrected chi connectivity index (χ0v) is 56.4. The monoisotopic (exact) mass is 1470 g/mol. The molecule has 0 saturated heterocycles. The minimum absolute atomic E-state index is 0.0804. The molecule has 18 N–H and O–H groups in total. The lowest BCUT2D eigenvalue weighted by molar-refractivity contribution is -0.193. The molecule has 0 saturated carbocycles. The third-order valence-corrected chi connectivity index (χ3v) is 17.6. The van der Waals surface area contributed by atoms with E-state index >= 15 is 0 Å². The van der Waals surface area contributed by atoms with Gasteiger partial charge in [-0.1, -0.05) is 84.6 Å². The van der Waals surface area contributed by atoms with Gasteiger partial charge < -0.3 is 67.8 Å². The number of methoxy groups -OCH3 is 2. The summed E-state index contributed by atoms with van der Waals surface area (Å²) in [6, 6.07) is 61.5. The largest absolute Gasteiger partial charge is 0.508 e. The van der Waals surface area contributed by atoms with Crippen molar-refractivity contribution in [1.82, 2.24) is 0 Å². The van der Waals surface area contributed by atoms with Crippen LogP contribution in [0, 0.1) is 33.5 Å². The van der Waals surface area contributed by atoms with Crippen molar-refractivity contribution in [3.05, 3.63) is 230 Å². The lowest BCUT2D eigenvalue weighted by Gasteiger charge is -2.10. The van der Waals surface area contributed by atoms with Crippen LogP contribution in [-0.4, -0.2) is 105 Å². The molecule has 12 rings (SSSR count). The summed E-state index contributed by atoms with van der Waals surface area (Å²) in [5.74, 6) is 4.12. The van der Waals surface area contributed by atoms with Gasteiger partial charge in [-0.05, 0) is 154 Å². The van der Waals surface area contributed by atoms with Crippen molar-refractivity contribution in [1.29, 1.82) is 21.6 Å². The van der Waals surface area contributed by atoms with Crippen LogP contribution in [0.3, 0.4) is 0 Å². The Balaban J connectivity index is 0.000000225. The van der Waals surface area contributed by atoms with Crippen molar-refractivity contribution in [2.24, 2.45) is 22.9 Å². The number of carboxylic acids is 2. The van der Waals surface area contributed by atoms with Crippen LogP contribution in [0.2, 0.25) is 0 Å². The maximum absolute atomic E-state index is 10.6. The van der Waals surface area contributed by atoms with Gasteiger partial charge in [0.2, 0.25) is 0 Å². The second-order valence-electron chi connectivity index (χ2n) is 20.0. The Bertz CT molecular complexity index is 4980. The van der Waals surface area contributed by atoms with Gasteiger partial charge in [0, 0.05) is 46.3 Å². The average molecular weight is 1480 g/mol. The van der Waals surface area contributed by atoms with Gasteiger partial charge in [-0.15, -0.1) is 45.3 Å². The van der Waals surface area contributed by atoms with Gasteiger partial charge >= 0.3 is 24.3 Å². The second kappa shape index (κ2) is 38.0. The van der Waals surface area contributed by atoms with Crippen molar-refractivity contribution >= 4 is 134 Å². The number of carboxylic acid groups (broad SMARTS) is 4. The predicted molar refractivity (Wildman–Crippen MR) is 387 cm³/mol. The van der Waals surface area contributed by atoms with Crippen molar-refractivity contribution in [2.45, 2.75) is 19.0 Å². The fourth-order valence-corrected chi connectivity index (χ4v) is 12.2. The molecule has 12 aromatic rings. The highest BCUT2D eigenvalue weighted by atomic mass is 32.1. The van der Waals surface area contributed by atoms with E-state index < -0.39 is 24.3 Å². The number of benzene rings is 8. The number of para-hydroxylation sites is 1. The summed E-state index contributed by atoms with van der Waals surface area (Å²) in [7, 11) is 3.29. The van der Waals surface area contributed by atoms with Gasteiger partial charge in [0.1, 0.15) is 58.7 Å². The van der Waals surface area contributed by atoms with Crippen LogP contribution in [0.1, 0.15) is 36.2 Å². The van der Waals surface area contributed by atoms with Crippen LogP contribution in [-0.2, 0) is 25.8 Å². The van der Waals surface area contributed by atoms with E-state index in [0.29, 0.717) is 6.61 Å². The maximum atomic E-state index is 10.6. The molecule has 0 aliphatic heterocycles. The van der Waals surface area contributed by atoms with E-state index in [1.165, 1.54) is 45.3 Å². The SMILES string of the molecule is COc1cccc(C#Cc2cccc3sc(C(=N)N)cc23)c1.COc1ccccc1COc1cccc2sc(C(=N)N)cc12.N=C(N)c1cc2cc(-c3ccc(O)cc3)ccc2s1.N=C(N)c1cc2cc(-c3cccc(O)c3)ccc2s1.O=C(O)C(F)(F)F.O=C(O)C(F)(F)F.O=CO.O=CO. The number of amidine groups is 4. The molecule has 4 heterocycles. The van der Waals surface area contributed by atoms with Gasteiger partial charge in [-0.3, -0.25) is 31.2 Å². The number of rotatable bonds is 11. The number of aliphatic carboxylic acids is 2. The lowest BCUT2D eigenvalue weighted by atomic mass is 10.0. The van der Waals surface area contributed by atoms with Crippen LogP contribution in [0.15, 0.2) is 194 Å². The first-order valence-corrected chi connectivity index (χ1v) is 31.9. The molecule has 21 nitrogen and oxygen atoms in total. The minimum atomic E-state index is -5.08. The van der Waals surface area contributed by atoms with E-state index in [-0.39, 0.29) is 47.8 Å². The van der Waals surface area contributed by atoms with Crippen LogP contribution < -0.4 is 37.1 Å². The van der Waals surface area contributed by atoms with Crippen molar-refractivity contribution in [3.8, 4) is 62.8 Å². The van der Waals surface area contributed by atoms with Gasteiger partial charge in [0.15, 0.2) is 0 Å². The number of fused-ring (bicyclic) bond motifs is 4. The van der Waals surface area contributed by atoms with Crippen molar-refractivity contribution < 1.29 is 90.4 Å². The maximum Gasteiger partial charge on any atom is 0.490 e. The number of nitrogens with two attached hydrogens (primary N) is 4. The Morgan fingerprint density at radius 1 is 0.461 bits per heavy atom. The summed E-state index contributed by atoms with van der Waals surface area (Å²) in [4.78, 5) is 37.6. The number of nitrogens with one attached hydrogen (secondary N) is 4. The first-order chi connectivity index (χ1) is 48.3. The lowest BCUT2D eigenvalue weighted by Crippen LogP contribution is -2.21. The van der Waals surface area contributed by atoms with Crippen LogP contribution in [0.5, 0.6) is 28.7 Å². The van der Waals surface area contributed by atoms with Gasteiger partial charge in [-0.2, -0.15) is 26.3 Å². The number of alkyl halides is 6. The predicted octanol–water partition coefficient (Wildman–Crippen LogP) is 15.2. The van der Waals surface area contributed by atoms with Crippen molar-refractivity contribution in [3.63, 3.8) is 0 Å². The van der Waals surface area contributed by atoms with Crippen molar-refractivity contribution in [2.75, 3.05) is 14.2 Å². The van der Waals surface area contributed by atoms with E-state index in [1.807, 2.05) is 164 Å². The van der Waals surface area contributed by atoms with Crippen LogP contribution >= 0.6 is 45.3 Å². The van der Waals surface area contributed by atoms with Crippen LogP contribution in [0.25, 0.3) is 62.6 Å². The Hall–Kier alpha value is -12.5. The Morgan fingerprint density at radius 2 is 0.882 bits per heavy atom. The molecular weight excluding hydrogens is 1420 g/mol. The number of ether oxygens (including phenoxy) is 3. The number of thiophene rings is 4. The normalized spacial score (nSPS) is 10.2. The zero-order valence-electron chi connectivity index (χ0n) is 53.1. The summed E-state index contributed by atoms with van der Waals surface area (Å²) in [6.07, 6.45) is -10.2. The second-order valence-corrected chi connectivity index (χ2v) is 24.3. The van der Waals surface area contributed by atoms with E-state index in [4.69, 9.17) is 98.4 Å². The highest BCUT2D eigenvalue weighted by Gasteiger charge is 2.39. The van der Waals surface area contributed by atoms with E-state index in [1.54, 1.807) is 38.5 Å². The molecule has 0 aliphatic carbocycles. The quantitative estimate of drug-likeness (QED) is 0.0188. The van der Waals surface area contributed by atoms with E-state index in [9.17, 15) is 36.6 Å². The van der Waals surface area contributed by atoms with E-state index in [0.717, 1.165) is 116 Å². The Kier molecular flexibility index (Phi) is 29.9. The number of halogens is 6.